The lowest BCUT2D eigenvalue weighted by atomic mass is 10.1. The first-order valence-electron chi connectivity index (χ1n) is 6.40. The summed E-state index contributed by atoms with van der Waals surface area (Å²) in [6.45, 7) is 0.211. The van der Waals surface area contributed by atoms with Crippen molar-refractivity contribution in [3.05, 3.63) is 63.1 Å². The number of amides is 1. The fourth-order valence-electron chi connectivity index (χ4n) is 1.95. The first-order valence-corrected chi connectivity index (χ1v) is 7.16. The SMILES string of the molecule is COc1ccc(C=O)cc1CNC(=O)c1ccc(Cl)cc1Cl. The molecule has 0 aliphatic rings. The smallest absolute Gasteiger partial charge is 0.253 e. The Kier molecular flexibility index (Phi) is 5.41. The molecule has 6 heteroatoms. The third-order valence-electron chi connectivity index (χ3n) is 3.06. The number of benzene rings is 2. The average molecular weight is 338 g/mol. The van der Waals surface area contributed by atoms with Crippen LogP contribution >= 0.6 is 23.2 Å². The predicted octanol–water partition coefficient (Wildman–Crippen LogP) is 3.74. The van der Waals surface area contributed by atoms with Crippen molar-refractivity contribution < 1.29 is 14.3 Å². The molecule has 0 atom stereocenters. The van der Waals surface area contributed by atoms with E-state index in [1.807, 2.05) is 0 Å². The molecule has 0 saturated heterocycles. The molecule has 0 aliphatic heterocycles. The molecule has 0 aliphatic carbocycles. The van der Waals surface area contributed by atoms with E-state index in [9.17, 15) is 9.59 Å². The summed E-state index contributed by atoms with van der Waals surface area (Å²) < 4.78 is 5.21. The molecule has 2 aromatic carbocycles. The van der Waals surface area contributed by atoms with Crippen molar-refractivity contribution >= 4 is 35.4 Å². The van der Waals surface area contributed by atoms with Gasteiger partial charge in [-0.05, 0) is 36.4 Å². The highest BCUT2D eigenvalue weighted by atomic mass is 35.5. The second-order valence-electron chi connectivity index (χ2n) is 4.50. The molecule has 0 aromatic heterocycles. The lowest BCUT2D eigenvalue weighted by Crippen LogP contribution is -2.23. The Morgan fingerprint density at radius 2 is 2.00 bits per heavy atom. The van der Waals surface area contributed by atoms with Crippen molar-refractivity contribution in [2.24, 2.45) is 0 Å². The minimum Gasteiger partial charge on any atom is -0.496 e. The standard InChI is InChI=1S/C16H13Cl2NO3/c1-22-15-5-2-10(9-20)6-11(15)8-19-16(21)13-4-3-12(17)7-14(13)18/h2-7,9H,8H2,1H3,(H,19,21). The number of hydrogen-bond acceptors (Lipinski definition) is 3. The molecule has 0 unspecified atom stereocenters. The number of hydrogen-bond donors (Lipinski definition) is 1. The highest BCUT2D eigenvalue weighted by Crippen LogP contribution is 2.22. The summed E-state index contributed by atoms with van der Waals surface area (Å²) in [7, 11) is 1.53. The molecule has 2 rings (SSSR count). The summed E-state index contributed by atoms with van der Waals surface area (Å²) in [4.78, 5) is 23.0. The first-order chi connectivity index (χ1) is 10.5. The van der Waals surface area contributed by atoms with E-state index in [-0.39, 0.29) is 17.5 Å². The zero-order valence-electron chi connectivity index (χ0n) is 11.7. The van der Waals surface area contributed by atoms with Gasteiger partial charge in [-0.15, -0.1) is 0 Å². The van der Waals surface area contributed by atoms with Gasteiger partial charge in [-0.1, -0.05) is 23.2 Å². The summed E-state index contributed by atoms with van der Waals surface area (Å²) in [6, 6.07) is 9.64. The van der Waals surface area contributed by atoms with Crippen LogP contribution < -0.4 is 10.1 Å². The topological polar surface area (TPSA) is 55.4 Å². The molecule has 0 spiro atoms. The van der Waals surface area contributed by atoms with E-state index in [0.29, 0.717) is 27.5 Å². The number of rotatable bonds is 5. The molecule has 114 valence electrons. The summed E-state index contributed by atoms with van der Waals surface area (Å²) in [5.41, 5.74) is 1.54. The van der Waals surface area contributed by atoms with Crippen molar-refractivity contribution in [2.75, 3.05) is 7.11 Å². The highest BCUT2D eigenvalue weighted by Gasteiger charge is 2.12. The van der Waals surface area contributed by atoms with Crippen LogP contribution in [0.4, 0.5) is 0 Å². The van der Waals surface area contributed by atoms with Crippen LogP contribution in [-0.2, 0) is 6.54 Å². The number of nitrogens with one attached hydrogen (secondary N) is 1. The van der Waals surface area contributed by atoms with Crippen molar-refractivity contribution in [3.63, 3.8) is 0 Å². The van der Waals surface area contributed by atoms with Gasteiger partial charge in [0.2, 0.25) is 0 Å². The lowest BCUT2D eigenvalue weighted by molar-refractivity contribution is 0.0950. The molecule has 0 fully saturated rings. The second-order valence-corrected chi connectivity index (χ2v) is 5.34. The van der Waals surface area contributed by atoms with E-state index in [4.69, 9.17) is 27.9 Å². The van der Waals surface area contributed by atoms with Gasteiger partial charge in [-0.2, -0.15) is 0 Å². The molecule has 4 nitrogen and oxygen atoms in total. The summed E-state index contributed by atoms with van der Waals surface area (Å²) in [6.07, 6.45) is 0.737. The minimum absolute atomic E-state index is 0.211. The maximum Gasteiger partial charge on any atom is 0.253 e. The van der Waals surface area contributed by atoms with E-state index < -0.39 is 0 Å². The molecule has 0 saturated carbocycles. The van der Waals surface area contributed by atoms with Crippen LogP contribution in [0.25, 0.3) is 0 Å². The van der Waals surface area contributed by atoms with E-state index in [2.05, 4.69) is 5.32 Å². The Labute approximate surface area is 138 Å². The molecule has 0 bridgehead atoms. The van der Waals surface area contributed by atoms with Crippen LogP contribution in [0.15, 0.2) is 36.4 Å². The summed E-state index contributed by atoms with van der Waals surface area (Å²) in [5, 5.41) is 3.48. The van der Waals surface area contributed by atoms with Gasteiger partial charge in [0, 0.05) is 22.7 Å². The Hall–Kier alpha value is -2.04. The summed E-state index contributed by atoms with van der Waals surface area (Å²) in [5.74, 6) is 0.258. The molecular formula is C16H13Cl2NO3. The molecular weight excluding hydrogens is 325 g/mol. The van der Waals surface area contributed by atoms with Gasteiger partial charge in [-0.3, -0.25) is 9.59 Å². The molecule has 2 aromatic rings. The van der Waals surface area contributed by atoms with Gasteiger partial charge in [0.25, 0.3) is 5.91 Å². The number of halogens is 2. The maximum atomic E-state index is 12.2. The number of ether oxygens (including phenoxy) is 1. The molecule has 0 heterocycles. The third-order valence-corrected chi connectivity index (χ3v) is 3.60. The van der Waals surface area contributed by atoms with Crippen molar-refractivity contribution in [3.8, 4) is 5.75 Å². The quantitative estimate of drug-likeness (QED) is 0.845. The summed E-state index contributed by atoms with van der Waals surface area (Å²) >= 11 is 11.8. The Balaban J connectivity index is 2.15. The Bertz CT molecular complexity index is 717. The number of carbonyl (C=O) groups is 2. The van der Waals surface area contributed by atoms with Crippen molar-refractivity contribution in [2.45, 2.75) is 6.54 Å². The molecule has 22 heavy (non-hydrogen) atoms. The maximum absolute atomic E-state index is 12.2. The monoisotopic (exact) mass is 337 g/mol. The zero-order valence-corrected chi connectivity index (χ0v) is 13.2. The van der Waals surface area contributed by atoms with Gasteiger partial charge in [0.05, 0.1) is 17.7 Å². The number of carbonyl (C=O) groups excluding carboxylic acids is 2. The van der Waals surface area contributed by atoms with E-state index in [0.717, 1.165) is 6.29 Å². The van der Waals surface area contributed by atoms with Gasteiger partial charge < -0.3 is 10.1 Å². The van der Waals surface area contributed by atoms with Gasteiger partial charge in [0.1, 0.15) is 12.0 Å². The van der Waals surface area contributed by atoms with Crippen molar-refractivity contribution in [1.29, 1.82) is 0 Å². The van der Waals surface area contributed by atoms with Crippen LogP contribution in [0, 0.1) is 0 Å². The third kappa shape index (κ3) is 3.78. The van der Waals surface area contributed by atoms with Gasteiger partial charge in [-0.25, -0.2) is 0 Å². The Morgan fingerprint density at radius 1 is 1.23 bits per heavy atom. The second kappa shape index (κ2) is 7.29. The number of methoxy groups -OCH3 is 1. The first kappa shape index (κ1) is 16.3. The largest absolute Gasteiger partial charge is 0.496 e. The van der Waals surface area contributed by atoms with E-state index >= 15 is 0 Å². The normalized spacial score (nSPS) is 10.1. The van der Waals surface area contributed by atoms with Crippen LogP contribution in [0.5, 0.6) is 5.75 Å². The fraction of sp³-hybridized carbons (Fsp3) is 0.125. The van der Waals surface area contributed by atoms with E-state index in [1.165, 1.54) is 13.2 Å². The molecule has 0 radical (unpaired) electrons. The van der Waals surface area contributed by atoms with Gasteiger partial charge >= 0.3 is 0 Å². The average Bonchev–Trinajstić information content (AvgIpc) is 2.52. The molecule has 1 N–H and O–H groups in total. The lowest BCUT2D eigenvalue weighted by Gasteiger charge is -2.11. The van der Waals surface area contributed by atoms with Crippen LogP contribution in [0.1, 0.15) is 26.3 Å². The molecule has 1 amide bonds. The number of aldehydes is 1. The van der Waals surface area contributed by atoms with Crippen molar-refractivity contribution in [1.82, 2.24) is 5.32 Å². The zero-order chi connectivity index (χ0) is 16.1. The fourth-order valence-corrected chi connectivity index (χ4v) is 2.45. The van der Waals surface area contributed by atoms with Crippen LogP contribution in [0.2, 0.25) is 10.0 Å². The predicted molar refractivity (Wildman–Crippen MR) is 86.0 cm³/mol. The highest BCUT2D eigenvalue weighted by molar-refractivity contribution is 6.36. The van der Waals surface area contributed by atoms with Gasteiger partial charge in [0.15, 0.2) is 0 Å². The Morgan fingerprint density at radius 3 is 2.64 bits per heavy atom. The van der Waals surface area contributed by atoms with Crippen LogP contribution in [0.3, 0.4) is 0 Å². The minimum atomic E-state index is -0.333. The van der Waals surface area contributed by atoms with E-state index in [1.54, 1.807) is 30.3 Å². The van der Waals surface area contributed by atoms with Crippen LogP contribution in [-0.4, -0.2) is 19.3 Å².